The Kier molecular flexibility index (Phi) is 3.49. The van der Waals surface area contributed by atoms with Crippen LogP contribution in [-0.2, 0) is 4.74 Å². The number of rotatable bonds is 2. The molecular weight excluding hydrogens is 297 g/mol. The van der Waals surface area contributed by atoms with Crippen LogP contribution in [0.1, 0.15) is 31.1 Å². The summed E-state index contributed by atoms with van der Waals surface area (Å²) in [7, 11) is 0. The molecule has 118 valence electrons. The van der Waals surface area contributed by atoms with Crippen LogP contribution >= 0.6 is 0 Å². The van der Waals surface area contributed by atoms with Crippen molar-refractivity contribution in [3.63, 3.8) is 0 Å². The molecule has 0 spiro atoms. The molecule has 0 bridgehead atoms. The van der Waals surface area contributed by atoms with E-state index in [1.54, 1.807) is 12.4 Å². The quantitative estimate of drug-likeness (QED) is 0.680. The van der Waals surface area contributed by atoms with Gasteiger partial charge in [0.2, 0.25) is 5.95 Å². The van der Waals surface area contributed by atoms with Gasteiger partial charge in [0.15, 0.2) is 5.65 Å². The summed E-state index contributed by atoms with van der Waals surface area (Å²) in [6.07, 6.45) is 7.61. The zero-order valence-corrected chi connectivity index (χ0v) is 12.7. The fourth-order valence-corrected chi connectivity index (χ4v) is 3.00. The smallest absolute Gasteiger partial charge is 0.222 e. The molecule has 1 atom stereocenters. The fraction of sp³-hybridized carbons (Fsp3) is 0.375. The number of ether oxygens (including phenoxy) is 1. The standard InChI is InChI=1S/C16H16FN5O/c1-10-5-6-18-15(17)12(10)13-14-16(20-8-19-13)22(9-21-14)11-4-2-3-7-23-11/h5-6,8-9,11H,2-4,7H2,1H3. The van der Waals surface area contributed by atoms with Gasteiger partial charge in [0.1, 0.15) is 23.8 Å². The summed E-state index contributed by atoms with van der Waals surface area (Å²) < 4.78 is 21.9. The van der Waals surface area contributed by atoms with Crippen LogP contribution in [0.3, 0.4) is 0 Å². The number of imidazole rings is 1. The summed E-state index contributed by atoms with van der Waals surface area (Å²) >= 11 is 0. The number of nitrogens with zero attached hydrogens (tertiary/aromatic N) is 5. The van der Waals surface area contributed by atoms with Crippen molar-refractivity contribution < 1.29 is 9.13 Å². The summed E-state index contributed by atoms with van der Waals surface area (Å²) in [4.78, 5) is 16.7. The molecule has 3 aromatic heterocycles. The van der Waals surface area contributed by atoms with Crippen molar-refractivity contribution >= 4 is 11.2 Å². The van der Waals surface area contributed by atoms with Gasteiger partial charge in [0.05, 0.1) is 11.9 Å². The molecule has 23 heavy (non-hydrogen) atoms. The van der Waals surface area contributed by atoms with E-state index < -0.39 is 5.95 Å². The van der Waals surface area contributed by atoms with E-state index in [-0.39, 0.29) is 6.23 Å². The minimum Gasteiger partial charge on any atom is -0.358 e. The van der Waals surface area contributed by atoms with Crippen molar-refractivity contribution in [2.45, 2.75) is 32.4 Å². The molecule has 6 nitrogen and oxygen atoms in total. The second-order valence-corrected chi connectivity index (χ2v) is 5.66. The maximum absolute atomic E-state index is 14.2. The molecule has 1 unspecified atom stereocenters. The molecule has 4 heterocycles. The normalized spacial score (nSPS) is 18.4. The molecule has 0 N–H and O–H groups in total. The first-order valence-corrected chi connectivity index (χ1v) is 7.66. The molecule has 4 rings (SSSR count). The molecule has 0 saturated carbocycles. The first-order chi connectivity index (χ1) is 11.3. The maximum Gasteiger partial charge on any atom is 0.222 e. The molecular formula is C16H16FN5O. The second kappa shape index (κ2) is 5.66. The average Bonchev–Trinajstić information content (AvgIpc) is 3.00. The summed E-state index contributed by atoms with van der Waals surface area (Å²) in [6.45, 7) is 2.56. The van der Waals surface area contributed by atoms with Crippen LogP contribution in [0.4, 0.5) is 4.39 Å². The van der Waals surface area contributed by atoms with Crippen LogP contribution in [-0.4, -0.2) is 31.1 Å². The van der Waals surface area contributed by atoms with Crippen molar-refractivity contribution in [1.82, 2.24) is 24.5 Å². The number of hydrogen-bond donors (Lipinski definition) is 0. The minimum atomic E-state index is -0.548. The Hall–Kier alpha value is -2.41. The van der Waals surface area contributed by atoms with Gasteiger partial charge in [-0.2, -0.15) is 4.39 Å². The summed E-state index contributed by atoms with van der Waals surface area (Å²) in [5.74, 6) is -0.548. The maximum atomic E-state index is 14.2. The lowest BCUT2D eigenvalue weighted by molar-refractivity contribution is -0.0298. The highest BCUT2D eigenvalue weighted by Gasteiger charge is 2.22. The van der Waals surface area contributed by atoms with Crippen LogP contribution < -0.4 is 0 Å². The van der Waals surface area contributed by atoms with Crippen molar-refractivity contribution in [1.29, 1.82) is 0 Å². The van der Waals surface area contributed by atoms with E-state index in [2.05, 4.69) is 19.9 Å². The Balaban J connectivity index is 1.88. The third kappa shape index (κ3) is 2.37. The minimum absolute atomic E-state index is 0.0728. The molecule has 1 aliphatic rings. The molecule has 1 fully saturated rings. The summed E-state index contributed by atoms with van der Waals surface area (Å²) in [5, 5.41) is 0. The van der Waals surface area contributed by atoms with Gasteiger partial charge < -0.3 is 4.74 Å². The Labute approximate surface area is 132 Å². The van der Waals surface area contributed by atoms with Gasteiger partial charge in [-0.15, -0.1) is 0 Å². The van der Waals surface area contributed by atoms with Gasteiger partial charge >= 0.3 is 0 Å². The largest absolute Gasteiger partial charge is 0.358 e. The number of aryl methyl sites for hydroxylation is 1. The SMILES string of the molecule is Cc1ccnc(F)c1-c1ncnc2c1ncn2C1CCCCO1. The third-order valence-electron chi connectivity index (χ3n) is 4.17. The van der Waals surface area contributed by atoms with Crippen molar-refractivity contribution in [3.8, 4) is 11.3 Å². The van der Waals surface area contributed by atoms with Crippen molar-refractivity contribution in [3.05, 3.63) is 36.4 Å². The second-order valence-electron chi connectivity index (χ2n) is 5.66. The van der Waals surface area contributed by atoms with Gasteiger partial charge in [-0.1, -0.05) is 0 Å². The predicted molar refractivity (Wildman–Crippen MR) is 82.1 cm³/mol. The summed E-state index contributed by atoms with van der Waals surface area (Å²) in [5.41, 5.74) is 2.82. The number of hydrogen-bond acceptors (Lipinski definition) is 5. The molecule has 1 aliphatic heterocycles. The molecule has 0 aliphatic carbocycles. The lowest BCUT2D eigenvalue weighted by Crippen LogP contribution is -2.17. The first kappa shape index (κ1) is 14.2. The zero-order valence-electron chi connectivity index (χ0n) is 12.7. The predicted octanol–water partition coefficient (Wildman–Crippen LogP) is 3.03. The van der Waals surface area contributed by atoms with Crippen LogP contribution in [0.2, 0.25) is 0 Å². The molecule has 0 amide bonds. The van der Waals surface area contributed by atoms with Crippen molar-refractivity contribution in [2.24, 2.45) is 0 Å². The van der Waals surface area contributed by atoms with E-state index in [0.717, 1.165) is 31.4 Å². The van der Waals surface area contributed by atoms with E-state index in [1.807, 2.05) is 11.5 Å². The van der Waals surface area contributed by atoms with Gasteiger partial charge in [0, 0.05) is 12.8 Å². The molecule has 0 aromatic carbocycles. The lowest BCUT2D eigenvalue weighted by atomic mass is 10.1. The number of pyridine rings is 1. The lowest BCUT2D eigenvalue weighted by Gasteiger charge is -2.23. The third-order valence-corrected chi connectivity index (χ3v) is 4.17. The van der Waals surface area contributed by atoms with Gasteiger partial charge in [0.25, 0.3) is 0 Å². The molecule has 0 radical (unpaired) electrons. The van der Waals surface area contributed by atoms with Crippen molar-refractivity contribution in [2.75, 3.05) is 6.61 Å². The van der Waals surface area contributed by atoms with Gasteiger partial charge in [-0.3, -0.25) is 4.57 Å². The van der Waals surface area contributed by atoms with E-state index in [4.69, 9.17) is 4.74 Å². The highest BCUT2D eigenvalue weighted by molar-refractivity contribution is 5.88. The van der Waals surface area contributed by atoms with E-state index in [0.29, 0.717) is 22.4 Å². The van der Waals surface area contributed by atoms with Gasteiger partial charge in [-0.05, 0) is 37.8 Å². The van der Waals surface area contributed by atoms with Crippen LogP contribution in [0, 0.1) is 12.9 Å². The van der Waals surface area contributed by atoms with Gasteiger partial charge in [-0.25, -0.2) is 19.9 Å². The highest BCUT2D eigenvalue weighted by Crippen LogP contribution is 2.31. The van der Waals surface area contributed by atoms with E-state index in [1.165, 1.54) is 12.5 Å². The molecule has 3 aromatic rings. The monoisotopic (exact) mass is 313 g/mol. The number of aromatic nitrogens is 5. The number of fused-ring (bicyclic) bond motifs is 1. The topological polar surface area (TPSA) is 65.7 Å². The average molecular weight is 313 g/mol. The van der Waals surface area contributed by atoms with Crippen LogP contribution in [0.25, 0.3) is 22.4 Å². The van der Waals surface area contributed by atoms with Crippen LogP contribution in [0.5, 0.6) is 0 Å². The Morgan fingerprint density at radius 1 is 1.22 bits per heavy atom. The van der Waals surface area contributed by atoms with E-state index in [9.17, 15) is 4.39 Å². The molecule has 1 saturated heterocycles. The first-order valence-electron chi connectivity index (χ1n) is 7.66. The zero-order chi connectivity index (χ0) is 15.8. The Bertz CT molecular complexity index is 837. The fourth-order valence-electron chi connectivity index (χ4n) is 3.00. The number of halogens is 1. The highest BCUT2D eigenvalue weighted by atomic mass is 19.1. The summed E-state index contributed by atoms with van der Waals surface area (Å²) in [6, 6.07) is 1.76. The van der Waals surface area contributed by atoms with Crippen LogP contribution in [0.15, 0.2) is 24.9 Å². The Morgan fingerprint density at radius 3 is 2.91 bits per heavy atom. The Morgan fingerprint density at radius 2 is 2.13 bits per heavy atom. The molecule has 7 heteroatoms. The van der Waals surface area contributed by atoms with E-state index >= 15 is 0 Å².